The van der Waals surface area contributed by atoms with Gasteiger partial charge in [0.1, 0.15) is 28.5 Å². The number of methoxy groups -OCH3 is 1. The second-order valence-electron chi connectivity index (χ2n) is 10.3. The van der Waals surface area contributed by atoms with Crippen LogP contribution in [-0.4, -0.2) is 79.6 Å². The van der Waals surface area contributed by atoms with E-state index >= 15 is 8.78 Å². The quantitative estimate of drug-likeness (QED) is 0.240. The third kappa shape index (κ3) is 4.80. The Labute approximate surface area is 239 Å². The standard InChI is InChI=1S/C28H30F2N7O3Si/c1-5-21(38)36-14-28(41,12-16(36)13-40-4)37-27(32-3)22(25(31)39)19(34-37)10-9-17-18(29)11-20-24(23(17)30)33-26(15-7-8-15)35(20)6-2/h5,11,15-16,32H,1,6-8,12-14H2,2-4H3,(H2,31,39)/t16-,28-/m1/s1. The van der Waals surface area contributed by atoms with Crippen molar-refractivity contribution in [1.29, 1.82) is 0 Å². The van der Waals surface area contributed by atoms with Gasteiger partial charge in [-0.05, 0) is 38.2 Å². The summed E-state index contributed by atoms with van der Waals surface area (Å²) in [7, 11) is 6.90. The lowest BCUT2D eigenvalue weighted by Gasteiger charge is -2.27. The van der Waals surface area contributed by atoms with Crippen molar-refractivity contribution in [3.8, 4) is 11.8 Å². The van der Waals surface area contributed by atoms with Crippen molar-refractivity contribution in [3.63, 3.8) is 0 Å². The highest BCUT2D eigenvalue weighted by Crippen LogP contribution is 2.41. The summed E-state index contributed by atoms with van der Waals surface area (Å²) in [5.41, 5.74) is 5.54. The topological polar surface area (TPSA) is 120 Å². The molecule has 5 rings (SSSR count). The van der Waals surface area contributed by atoms with Gasteiger partial charge in [0.2, 0.25) is 5.91 Å². The van der Waals surface area contributed by atoms with E-state index in [0.717, 1.165) is 18.7 Å². The molecule has 1 saturated heterocycles. The molecule has 0 bridgehead atoms. The molecule has 0 unspecified atom stereocenters. The molecule has 3 N–H and O–H groups in total. The maximum absolute atomic E-state index is 15.6. The normalized spacial score (nSPS) is 20.2. The van der Waals surface area contributed by atoms with E-state index in [-0.39, 0.29) is 53.6 Å². The predicted octanol–water partition coefficient (Wildman–Crippen LogP) is 2.20. The number of aryl methyl sites for hydroxylation is 1. The van der Waals surface area contributed by atoms with Crippen molar-refractivity contribution in [2.24, 2.45) is 5.73 Å². The van der Waals surface area contributed by atoms with E-state index in [9.17, 15) is 9.59 Å². The van der Waals surface area contributed by atoms with Gasteiger partial charge in [-0.2, -0.15) is 5.10 Å². The number of primary amides is 1. The Bertz CT molecular complexity index is 1630. The monoisotopic (exact) mass is 578 g/mol. The summed E-state index contributed by atoms with van der Waals surface area (Å²) < 4.78 is 39.5. The molecule has 213 valence electrons. The molecule has 1 aliphatic carbocycles. The highest BCUT2D eigenvalue weighted by atomic mass is 28.1. The molecule has 3 aromatic rings. The van der Waals surface area contributed by atoms with Gasteiger partial charge in [-0.1, -0.05) is 12.5 Å². The number of hydrogen-bond donors (Lipinski definition) is 2. The predicted molar refractivity (Wildman–Crippen MR) is 149 cm³/mol. The molecule has 2 amide bonds. The number of benzene rings is 1. The Morgan fingerprint density at radius 3 is 2.68 bits per heavy atom. The van der Waals surface area contributed by atoms with Crippen molar-refractivity contribution < 1.29 is 23.1 Å². The molecule has 1 aromatic carbocycles. The van der Waals surface area contributed by atoms with Crippen molar-refractivity contribution in [3.05, 3.63) is 53.0 Å². The lowest BCUT2D eigenvalue weighted by Crippen LogP contribution is -2.41. The van der Waals surface area contributed by atoms with Crippen LogP contribution in [0, 0.1) is 23.5 Å². The van der Waals surface area contributed by atoms with Gasteiger partial charge in [0.25, 0.3) is 5.91 Å². The Balaban J connectivity index is 1.60. The van der Waals surface area contributed by atoms with Crippen LogP contribution in [0.5, 0.6) is 0 Å². The zero-order valence-electron chi connectivity index (χ0n) is 23.1. The number of ether oxygens (including phenoxy) is 1. The van der Waals surface area contributed by atoms with Crippen molar-refractivity contribution in [1.82, 2.24) is 24.2 Å². The van der Waals surface area contributed by atoms with E-state index in [2.05, 4.69) is 44.1 Å². The lowest BCUT2D eigenvalue weighted by atomic mass is 10.1. The second kappa shape index (κ2) is 10.8. The zero-order valence-corrected chi connectivity index (χ0v) is 24.1. The van der Waals surface area contributed by atoms with E-state index in [4.69, 9.17) is 10.5 Å². The Kier molecular flexibility index (Phi) is 7.48. The van der Waals surface area contributed by atoms with Gasteiger partial charge in [0.05, 0.1) is 39.1 Å². The van der Waals surface area contributed by atoms with Gasteiger partial charge >= 0.3 is 0 Å². The molecule has 1 aliphatic heterocycles. The highest BCUT2D eigenvalue weighted by molar-refractivity contribution is 6.15. The number of hydrogen-bond acceptors (Lipinski definition) is 6. The molecule has 1 saturated carbocycles. The van der Waals surface area contributed by atoms with Crippen molar-refractivity contribution in [2.75, 3.05) is 32.6 Å². The molecular formula is C28H30F2N7O3Si. The molecule has 2 aliphatic rings. The van der Waals surface area contributed by atoms with Gasteiger partial charge in [0.15, 0.2) is 11.5 Å². The second-order valence-corrected chi connectivity index (χ2v) is 11.2. The Hall–Kier alpha value is -4.02. The van der Waals surface area contributed by atoms with Crippen LogP contribution in [0.25, 0.3) is 11.0 Å². The largest absolute Gasteiger partial charge is 0.383 e. The number of carbonyl (C=O) groups excluding carboxylic acids is 2. The van der Waals surface area contributed by atoms with Crippen LogP contribution in [0.3, 0.4) is 0 Å². The molecule has 2 atom stereocenters. The first kappa shape index (κ1) is 28.5. The fourth-order valence-corrected chi connectivity index (χ4v) is 6.12. The first-order valence-corrected chi connectivity index (χ1v) is 13.8. The summed E-state index contributed by atoms with van der Waals surface area (Å²) >= 11 is 0. The molecule has 13 heteroatoms. The zero-order chi connectivity index (χ0) is 29.6. The number of fused-ring (bicyclic) bond motifs is 1. The molecule has 41 heavy (non-hydrogen) atoms. The summed E-state index contributed by atoms with van der Waals surface area (Å²) in [5, 5.41) is 6.49. The fraction of sp³-hybridized carbons (Fsp3) is 0.429. The molecule has 3 heterocycles. The van der Waals surface area contributed by atoms with E-state index in [0.29, 0.717) is 18.5 Å². The van der Waals surface area contributed by atoms with Crippen LogP contribution >= 0.6 is 0 Å². The lowest BCUT2D eigenvalue weighted by molar-refractivity contribution is -0.127. The van der Waals surface area contributed by atoms with Crippen LogP contribution < -0.4 is 11.1 Å². The fourth-order valence-electron chi connectivity index (χ4n) is 5.55. The van der Waals surface area contributed by atoms with Gasteiger partial charge in [-0.15, -0.1) is 0 Å². The highest BCUT2D eigenvalue weighted by Gasteiger charge is 2.46. The van der Waals surface area contributed by atoms with E-state index in [1.165, 1.54) is 23.9 Å². The molecule has 3 radical (unpaired) electrons. The number of halogens is 2. The summed E-state index contributed by atoms with van der Waals surface area (Å²) in [4.78, 5) is 31.2. The average Bonchev–Trinajstić information content (AvgIpc) is 3.48. The summed E-state index contributed by atoms with van der Waals surface area (Å²) in [6.07, 6.45) is 3.51. The number of nitrogens with one attached hydrogen (secondary N) is 1. The molecular weight excluding hydrogens is 548 g/mol. The average molecular weight is 579 g/mol. The minimum Gasteiger partial charge on any atom is -0.383 e. The number of nitrogens with two attached hydrogens (primary N) is 1. The Morgan fingerprint density at radius 1 is 1.37 bits per heavy atom. The molecule has 2 fully saturated rings. The summed E-state index contributed by atoms with van der Waals surface area (Å²) in [6.45, 7) is 6.43. The first-order valence-electron chi connectivity index (χ1n) is 13.3. The third-order valence-electron chi connectivity index (χ3n) is 7.57. The number of anilines is 1. The number of likely N-dealkylation sites (tertiary alicyclic amines) is 1. The van der Waals surface area contributed by atoms with Crippen molar-refractivity contribution in [2.45, 2.75) is 49.9 Å². The number of aromatic nitrogens is 4. The van der Waals surface area contributed by atoms with E-state index in [1.54, 1.807) is 11.9 Å². The Morgan fingerprint density at radius 2 is 2.10 bits per heavy atom. The minimum atomic E-state index is -0.980. The van der Waals surface area contributed by atoms with Crippen LogP contribution in [0.4, 0.5) is 14.6 Å². The molecule has 10 nitrogen and oxygen atoms in total. The maximum atomic E-state index is 15.6. The SMILES string of the molecule is C=CC(=O)N1C[C@@]([Si])(n2nc(C#Cc3c(F)cc4c(nc(C5CC5)n4CC)c3F)c(C(N)=O)c2NC)C[C@@H]1COC. The third-order valence-corrected chi connectivity index (χ3v) is 8.14. The maximum Gasteiger partial charge on any atom is 0.255 e. The number of nitrogens with zero attached hydrogens (tertiary/aromatic N) is 5. The van der Waals surface area contributed by atoms with Gasteiger partial charge in [-0.3, -0.25) is 9.59 Å². The number of imidazole rings is 1. The van der Waals surface area contributed by atoms with E-state index < -0.39 is 28.3 Å². The van der Waals surface area contributed by atoms with Crippen LogP contribution in [0.2, 0.25) is 0 Å². The van der Waals surface area contributed by atoms with Crippen LogP contribution in [-0.2, 0) is 21.2 Å². The van der Waals surface area contributed by atoms with Crippen molar-refractivity contribution >= 4 is 38.9 Å². The van der Waals surface area contributed by atoms with Gasteiger partial charge in [-0.25, -0.2) is 18.4 Å². The summed E-state index contributed by atoms with van der Waals surface area (Å²) in [6, 6.07) is 0.923. The summed E-state index contributed by atoms with van der Waals surface area (Å²) in [5.74, 6) is 3.57. The molecule has 0 spiro atoms. The van der Waals surface area contributed by atoms with Crippen LogP contribution in [0.1, 0.15) is 59.5 Å². The van der Waals surface area contributed by atoms with Crippen LogP contribution in [0.15, 0.2) is 18.7 Å². The first-order chi connectivity index (χ1) is 19.6. The minimum absolute atomic E-state index is 0.0530. The number of rotatable bonds is 8. The number of carbonyl (C=O) groups is 2. The number of amides is 2. The van der Waals surface area contributed by atoms with Gasteiger partial charge in [0, 0.05) is 39.2 Å². The molecule has 2 aromatic heterocycles. The smallest absolute Gasteiger partial charge is 0.255 e. The van der Waals surface area contributed by atoms with Gasteiger partial charge < -0.3 is 25.3 Å². The van der Waals surface area contributed by atoms with E-state index in [1.807, 2.05) is 11.5 Å².